The summed E-state index contributed by atoms with van der Waals surface area (Å²) in [5.74, 6) is -0.290. The third-order valence-corrected chi connectivity index (χ3v) is 5.69. The maximum absolute atomic E-state index is 14.1. The number of nitrogens with zero attached hydrogens (tertiary/aromatic N) is 4. The van der Waals surface area contributed by atoms with Crippen molar-refractivity contribution in [1.29, 1.82) is 0 Å². The van der Waals surface area contributed by atoms with Gasteiger partial charge in [0.25, 0.3) is 11.5 Å². The minimum absolute atomic E-state index is 0.101. The van der Waals surface area contributed by atoms with Crippen LogP contribution in [0.3, 0.4) is 0 Å². The van der Waals surface area contributed by atoms with E-state index in [0.717, 1.165) is 29.8 Å². The third kappa shape index (κ3) is 4.71. The molecule has 2 aromatic heterocycles. The molecule has 6 nitrogen and oxygen atoms in total. The summed E-state index contributed by atoms with van der Waals surface area (Å²) in [6, 6.07) is 13.7. The lowest BCUT2D eigenvalue weighted by molar-refractivity contribution is 0.0697. The van der Waals surface area contributed by atoms with E-state index in [2.05, 4.69) is 5.10 Å². The Balaban J connectivity index is 1.54. The van der Waals surface area contributed by atoms with Crippen molar-refractivity contribution in [3.8, 4) is 0 Å². The molecule has 1 aliphatic heterocycles. The highest BCUT2D eigenvalue weighted by molar-refractivity contribution is 5.92. The Hall–Kier alpha value is -3.35. The van der Waals surface area contributed by atoms with Crippen molar-refractivity contribution in [3.05, 3.63) is 92.9 Å². The number of halogens is 1. The zero-order valence-corrected chi connectivity index (χ0v) is 17.7. The summed E-state index contributed by atoms with van der Waals surface area (Å²) in [5.41, 5.74) is 3.49. The van der Waals surface area contributed by atoms with Gasteiger partial charge in [0.05, 0.1) is 0 Å². The van der Waals surface area contributed by atoms with E-state index in [0.29, 0.717) is 25.1 Å². The fourth-order valence-corrected chi connectivity index (χ4v) is 4.12. The van der Waals surface area contributed by atoms with Crippen molar-refractivity contribution in [2.24, 2.45) is 7.05 Å². The first-order valence-corrected chi connectivity index (χ1v) is 10.4. The average Bonchev–Trinajstić information content (AvgIpc) is 2.76. The van der Waals surface area contributed by atoms with Crippen molar-refractivity contribution in [2.75, 3.05) is 13.1 Å². The topological polar surface area (TPSA) is 68.1 Å². The lowest BCUT2D eigenvalue weighted by Crippen LogP contribution is -2.40. The van der Waals surface area contributed by atoms with E-state index >= 15 is 0 Å². The van der Waals surface area contributed by atoms with Crippen LogP contribution >= 0.6 is 0 Å². The largest absolute Gasteiger partial charge is 0.337 e. The Morgan fingerprint density at radius 3 is 2.77 bits per heavy atom. The molecule has 0 spiro atoms. The first-order valence-electron chi connectivity index (χ1n) is 10.4. The van der Waals surface area contributed by atoms with E-state index < -0.39 is 0 Å². The normalized spacial score (nSPS) is 16.4. The van der Waals surface area contributed by atoms with Gasteiger partial charge in [-0.2, -0.15) is 5.10 Å². The highest BCUT2D eigenvalue weighted by Gasteiger charge is 2.27. The molecule has 1 atom stereocenters. The quantitative estimate of drug-likeness (QED) is 0.650. The number of carbonyl (C=O) groups excluding carboxylic acids is 1. The minimum atomic E-state index is -0.251. The van der Waals surface area contributed by atoms with E-state index in [1.807, 2.05) is 25.1 Å². The monoisotopic (exact) mass is 420 g/mol. The molecule has 0 radical (unpaired) electrons. The summed E-state index contributed by atoms with van der Waals surface area (Å²) in [7, 11) is 1.53. The van der Waals surface area contributed by atoms with Gasteiger partial charge in [0.1, 0.15) is 11.5 Å². The summed E-state index contributed by atoms with van der Waals surface area (Å²) in [6.07, 6.45) is 2.29. The second-order valence-corrected chi connectivity index (χ2v) is 8.08. The molecule has 0 unspecified atom stereocenters. The van der Waals surface area contributed by atoms with Crippen LogP contribution in [0.15, 0.2) is 53.3 Å². The maximum atomic E-state index is 14.1. The Labute approximate surface area is 180 Å². The molecule has 3 heterocycles. The smallest absolute Gasteiger partial charge is 0.274 e. The van der Waals surface area contributed by atoms with Gasteiger partial charge in [-0.1, -0.05) is 18.2 Å². The third-order valence-electron chi connectivity index (χ3n) is 5.69. The molecular formula is C24H25FN4O2. The summed E-state index contributed by atoms with van der Waals surface area (Å²) in [4.78, 5) is 31.0. The molecule has 160 valence electrons. The molecule has 0 N–H and O–H groups in total. The maximum Gasteiger partial charge on any atom is 0.274 e. The molecule has 7 heteroatoms. The zero-order valence-electron chi connectivity index (χ0n) is 17.7. The molecule has 31 heavy (non-hydrogen) atoms. The number of likely N-dealkylation sites (tertiary alicyclic amines) is 1. The molecular weight excluding hydrogens is 395 g/mol. The first kappa shape index (κ1) is 20.9. The fraction of sp³-hybridized carbons (Fsp3) is 0.333. The second-order valence-electron chi connectivity index (χ2n) is 8.08. The second kappa shape index (κ2) is 8.79. The Morgan fingerprint density at radius 1 is 1.19 bits per heavy atom. The molecule has 1 aliphatic rings. The van der Waals surface area contributed by atoms with E-state index in [1.165, 1.54) is 29.9 Å². The number of pyridine rings is 1. The van der Waals surface area contributed by atoms with Crippen LogP contribution in [0.5, 0.6) is 0 Å². The van der Waals surface area contributed by atoms with Crippen LogP contribution in [0.4, 0.5) is 4.39 Å². The molecule has 1 saturated heterocycles. The Bertz CT molecular complexity index is 1170. The number of aryl methyl sites for hydroxylation is 2. The highest BCUT2D eigenvalue weighted by atomic mass is 19.1. The van der Waals surface area contributed by atoms with E-state index in [4.69, 9.17) is 4.98 Å². The fourth-order valence-electron chi connectivity index (χ4n) is 4.12. The van der Waals surface area contributed by atoms with Gasteiger partial charge < -0.3 is 4.90 Å². The van der Waals surface area contributed by atoms with Crippen molar-refractivity contribution < 1.29 is 9.18 Å². The summed E-state index contributed by atoms with van der Waals surface area (Å²) >= 11 is 0. The lowest BCUT2D eigenvalue weighted by atomic mass is 9.92. The van der Waals surface area contributed by atoms with Gasteiger partial charge in [-0.15, -0.1) is 0 Å². The number of hydrogen-bond acceptors (Lipinski definition) is 4. The van der Waals surface area contributed by atoms with E-state index in [9.17, 15) is 14.0 Å². The molecule has 1 amide bonds. The molecule has 0 aliphatic carbocycles. The first-order chi connectivity index (χ1) is 14.9. The van der Waals surface area contributed by atoms with Gasteiger partial charge in [0.2, 0.25) is 0 Å². The average molecular weight is 420 g/mol. The minimum Gasteiger partial charge on any atom is -0.337 e. The summed E-state index contributed by atoms with van der Waals surface area (Å²) < 4.78 is 15.3. The molecule has 0 bridgehead atoms. The Kier molecular flexibility index (Phi) is 5.93. The predicted octanol–water partition coefficient (Wildman–Crippen LogP) is 3.23. The van der Waals surface area contributed by atoms with E-state index in [1.54, 1.807) is 17.0 Å². The molecule has 0 saturated carbocycles. The van der Waals surface area contributed by atoms with Crippen LogP contribution in [-0.2, 0) is 13.5 Å². The van der Waals surface area contributed by atoms with Crippen LogP contribution < -0.4 is 5.56 Å². The van der Waals surface area contributed by atoms with Crippen LogP contribution in [0.2, 0.25) is 0 Å². The van der Waals surface area contributed by atoms with Crippen molar-refractivity contribution >= 4 is 5.91 Å². The number of aromatic nitrogens is 3. The van der Waals surface area contributed by atoms with Crippen LogP contribution in [0.1, 0.15) is 51.8 Å². The zero-order chi connectivity index (χ0) is 22.0. The van der Waals surface area contributed by atoms with Gasteiger partial charge in [0, 0.05) is 49.9 Å². The Morgan fingerprint density at radius 2 is 2.00 bits per heavy atom. The number of hydrogen-bond donors (Lipinski definition) is 0. The lowest BCUT2D eigenvalue weighted by Gasteiger charge is -2.32. The van der Waals surface area contributed by atoms with Gasteiger partial charge in [-0.25, -0.2) is 9.07 Å². The number of piperidine rings is 1. The van der Waals surface area contributed by atoms with Crippen LogP contribution in [0, 0.1) is 12.7 Å². The van der Waals surface area contributed by atoms with Gasteiger partial charge >= 0.3 is 0 Å². The van der Waals surface area contributed by atoms with E-state index in [-0.39, 0.29) is 28.9 Å². The van der Waals surface area contributed by atoms with Crippen molar-refractivity contribution in [3.63, 3.8) is 0 Å². The number of benzene rings is 1. The van der Waals surface area contributed by atoms with Gasteiger partial charge in [-0.3, -0.25) is 14.6 Å². The van der Waals surface area contributed by atoms with Crippen molar-refractivity contribution in [2.45, 2.75) is 32.1 Å². The standard InChI is InChI=1S/C24H25FN4O2/c1-16-12-17(13-18-6-3-4-8-20(18)25)14-22(26-16)19-7-5-11-29(15-19)24(31)21-9-10-23(30)28(2)27-21/h3-4,6,8-10,12,14,19H,5,7,11,13,15H2,1-2H3/t19-/m1/s1. The van der Waals surface area contributed by atoms with Gasteiger partial charge in [0.15, 0.2) is 0 Å². The highest BCUT2D eigenvalue weighted by Crippen LogP contribution is 2.28. The molecule has 1 aromatic carbocycles. The van der Waals surface area contributed by atoms with Crippen molar-refractivity contribution in [1.82, 2.24) is 19.7 Å². The molecule has 4 rings (SSSR count). The number of amides is 1. The number of rotatable bonds is 4. The summed E-state index contributed by atoms with van der Waals surface area (Å²) in [5, 5.41) is 4.09. The number of carbonyl (C=O) groups is 1. The van der Waals surface area contributed by atoms with Crippen LogP contribution in [0.25, 0.3) is 0 Å². The van der Waals surface area contributed by atoms with Gasteiger partial charge in [-0.05, 0) is 55.2 Å². The van der Waals surface area contributed by atoms with Crippen LogP contribution in [-0.4, -0.2) is 38.7 Å². The summed E-state index contributed by atoms with van der Waals surface area (Å²) in [6.45, 7) is 3.13. The predicted molar refractivity (Wildman–Crippen MR) is 116 cm³/mol. The molecule has 1 fully saturated rings. The molecule has 3 aromatic rings. The SMILES string of the molecule is Cc1cc(Cc2ccccc2F)cc([C@@H]2CCCN(C(=O)c3ccc(=O)n(C)n3)C2)n1.